The number of halogens is 3. The third-order valence-electron chi connectivity index (χ3n) is 5.16. The molecule has 0 spiro atoms. The number of ether oxygens (including phenoxy) is 1. The average Bonchev–Trinajstić information content (AvgIpc) is 3.10. The monoisotopic (exact) mass is 476 g/mol. The van der Waals surface area contributed by atoms with Crippen molar-refractivity contribution in [2.45, 2.75) is 30.6 Å². The lowest BCUT2D eigenvalue weighted by atomic mass is 10.1. The van der Waals surface area contributed by atoms with Crippen LogP contribution in [0.1, 0.15) is 22.8 Å². The first-order valence-corrected chi connectivity index (χ1v) is 11.4. The van der Waals surface area contributed by atoms with E-state index in [4.69, 9.17) is 0 Å². The first-order valence-electron chi connectivity index (χ1n) is 9.95. The third-order valence-corrected chi connectivity index (χ3v) is 7.08. The largest absolute Gasteiger partial charge is 0.573 e. The van der Waals surface area contributed by atoms with Gasteiger partial charge in [0, 0.05) is 11.6 Å². The van der Waals surface area contributed by atoms with Crippen molar-refractivity contribution in [3.05, 3.63) is 83.9 Å². The molecule has 1 atom stereocenters. The topological polar surface area (TPSA) is 75.7 Å². The standard InChI is InChI=1S/C23H19F3N2O4S/c1-15-13-16-7-2-4-11-20(16)28(15)33(30,31)18-9-6-8-17(14-18)22(29)27-19-10-3-5-12-21(19)32-23(24,25)26/h2-12,14-15H,13H2,1H3,(H,27,29)/t15-/m0/s1. The number of hydrogen-bond donors (Lipinski definition) is 1. The van der Waals surface area contributed by atoms with E-state index in [-0.39, 0.29) is 22.2 Å². The maximum Gasteiger partial charge on any atom is 0.573 e. The number of para-hydroxylation sites is 3. The number of nitrogens with zero attached hydrogens (tertiary/aromatic N) is 1. The van der Waals surface area contributed by atoms with E-state index < -0.39 is 28.0 Å². The Morgan fingerprint density at radius 2 is 1.73 bits per heavy atom. The molecular weight excluding hydrogens is 457 g/mol. The van der Waals surface area contributed by atoms with Crippen LogP contribution in [-0.2, 0) is 16.4 Å². The number of nitrogens with one attached hydrogen (secondary N) is 1. The van der Waals surface area contributed by atoms with E-state index in [0.717, 1.165) is 11.6 Å². The molecule has 0 fully saturated rings. The zero-order valence-electron chi connectivity index (χ0n) is 17.3. The van der Waals surface area contributed by atoms with Crippen molar-refractivity contribution >= 4 is 27.3 Å². The van der Waals surface area contributed by atoms with Crippen LogP contribution in [0.2, 0.25) is 0 Å². The molecule has 0 aromatic heterocycles. The van der Waals surface area contributed by atoms with Crippen LogP contribution in [0.3, 0.4) is 0 Å². The second-order valence-corrected chi connectivity index (χ2v) is 9.32. The highest BCUT2D eigenvalue weighted by Crippen LogP contribution is 2.37. The molecule has 1 aliphatic heterocycles. The zero-order chi connectivity index (χ0) is 23.8. The quantitative estimate of drug-likeness (QED) is 0.564. The van der Waals surface area contributed by atoms with Gasteiger partial charge in [0.2, 0.25) is 0 Å². The van der Waals surface area contributed by atoms with Crippen LogP contribution in [0, 0.1) is 0 Å². The molecule has 10 heteroatoms. The van der Waals surface area contributed by atoms with Crippen molar-refractivity contribution in [1.29, 1.82) is 0 Å². The van der Waals surface area contributed by atoms with Crippen LogP contribution >= 0.6 is 0 Å². The molecule has 0 saturated heterocycles. The lowest BCUT2D eigenvalue weighted by Gasteiger charge is -2.24. The molecule has 3 aromatic carbocycles. The van der Waals surface area contributed by atoms with Gasteiger partial charge in [-0.05, 0) is 55.3 Å². The van der Waals surface area contributed by atoms with Crippen molar-refractivity contribution in [1.82, 2.24) is 0 Å². The summed E-state index contributed by atoms with van der Waals surface area (Å²) in [5.74, 6) is -1.36. The fraction of sp³-hybridized carbons (Fsp3) is 0.174. The van der Waals surface area contributed by atoms with E-state index in [1.807, 2.05) is 12.1 Å². The predicted molar refractivity (Wildman–Crippen MR) is 117 cm³/mol. The van der Waals surface area contributed by atoms with Gasteiger partial charge in [-0.2, -0.15) is 0 Å². The molecule has 3 aromatic rings. The molecule has 4 rings (SSSR count). The Hall–Kier alpha value is -3.53. The fourth-order valence-corrected chi connectivity index (χ4v) is 5.53. The molecule has 1 aliphatic rings. The first kappa shape index (κ1) is 22.7. The lowest BCUT2D eigenvalue weighted by Crippen LogP contribution is -2.35. The van der Waals surface area contributed by atoms with Crippen LogP contribution in [0.15, 0.2) is 77.7 Å². The summed E-state index contributed by atoms with van der Waals surface area (Å²) in [4.78, 5) is 12.6. The number of amides is 1. The molecule has 0 aliphatic carbocycles. The van der Waals surface area contributed by atoms with Gasteiger partial charge in [-0.3, -0.25) is 9.10 Å². The van der Waals surface area contributed by atoms with E-state index in [9.17, 15) is 26.4 Å². The molecule has 1 amide bonds. The predicted octanol–water partition coefficient (Wildman–Crippen LogP) is 4.98. The second-order valence-electron chi connectivity index (χ2n) is 7.51. The van der Waals surface area contributed by atoms with E-state index in [0.29, 0.717) is 12.1 Å². The van der Waals surface area contributed by atoms with Crippen molar-refractivity contribution in [2.75, 3.05) is 9.62 Å². The SMILES string of the molecule is C[C@H]1Cc2ccccc2N1S(=O)(=O)c1cccc(C(=O)Nc2ccccc2OC(F)(F)F)c1. The minimum Gasteiger partial charge on any atom is -0.404 e. The van der Waals surface area contributed by atoms with Gasteiger partial charge in [0.05, 0.1) is 16.3 Å². The van der Waals surface area contributed by atoms with Crippen LogP contribution in [0.5, 0.6) is 5.75 Å². The summed E-state index contributed by atoms with van der Waals surface area (Å²) in [6, 6.07) is 17.3. The van der Waals surface area contributed by atoms with Gasteiger partial charge in [-0.25, -0.2) is 8.42 Å². The maximum atomic E-state index is 13.4. The van der Waals surface area contributed by atoms with E-state index in [2.05, 4.69) is 10.1 Å². The summed E-state index contributed by atoms with van der Waals surface area (Å²) in [6.07, 6.45) is -4.37. The van der Waals surface area contributed by atoms with Gasteiger partial charge in [0.15, 0.2) is 5.75 Å². The number of benzene rings is 3. The molecule has 33 heavy (non-hydrogen) atoms. The minimum absolute atomic E-state index is 0.0296. The van der Waals surface area contributed by atoms with Gasteiger partial charge in [0.1, 0.15) is 0 Å². The number of rotatable bonds is 5. The molecule has 1 heterocycles. The maximum absolute atomic E-state index is 13.4. The Kier molecular flexibility index (Phi) is 5.79. The van der Waals surface area contributed by atoms with Gasteiger partial charge < -0.3 is 10.1 Å². The third kappa shape index (κ3) is 4.65. The summed E-state index contributed by atoms with van der Waals surface area (Å²) in [6.45, 7) is 1.80. The summed E-state index contributed by atoms with van der Waals surface area (Å²) < 4.78 is 70.0. The minimum atomic E-state index is -4.93. The smallest absolute Gasteiger partial charge is 0.404 e. The van der Waals surface area contributed by atoms with Crippen molar-refractivity contribution < 1.29 is 31.1 Å². The first-order chi connectivity index (χ1) is 15.6. The Morgan fingerprint density at radius 1 is 1.03 bits per heavy atom. The number of anilines is 2. The Labute approximate surface area is 188 Å². The molecular formula is C23H19F3N2O4S. The van der Waals surface area contributed by atoms with Crippen molar-refractivity contribution in [3.8, 4) is 5.75 Å². The fourth-order valence-electron chi connectivity index (χ4n) is 3.79. The number of carbonyl (C=O) groups excluding carboxylic acids is 1. The summed E-state index contributed by atoms with van der Waals surface area (Å²) in [7, 11) is -3.98. The summed E-state index contributed by atoms with van der Waals surface area (Å²) in [5.41, 5.74) is 1.26. The van der Waals surface area contributed by atoms with Crippen molar-refractivity contribution in [3.63, 3.8) is 0 Å². The van der Waals surface area contributed by atoms with Crippen LogP contribution in [0.4, 0.5) is 24.5 Å². The molecule has 1 N–H and O–H groups in total. The van der Waals surface area contributed by atoms with E-state index >= 15 is 0 Å². The second kappa shape index (κ2) is 8.43. The zero-order valence-corrected chi connectivity index (χ0v) is 18.2. The number of carbonyl (C=O) groups is 1. The van der Waals surface area contributed by atoms with Crippen LogP contribution in [0.25, 0.3) is 0 Å². The highest BCUT2D eigenvalue weighted by molar-refractivity contribution is 7.92. The van der Waals surface area contributed by atoms with Gasteiger partial charge in [-0.15, -0.1) is 13.2 Å². The molecule has 0 unspecified atom stereocenters. The Bertz CT molecular complexity index is 1310. The Balaban J connectivity index is 1.62. The average molecular weight is 476 g/mol. The Morgan fingerprint density at radius 3 is 2.48 bits per heavy atom. The number of sulfonamides is 1. The number of hydrogen-bond acceptors (Lipinski definition) is 4. The van der Waals surface area contributed by atoms with Gasteiger partial charge >= 0.3 is 6.36 Å². The molecule has 0 bridgehead atoms. The van der Waals surface area contributed by atoms with E-state index in [1.54, 1.807) is 19.1 Å². The van der Waals surface area contributed by atoms with E-state index in [1.165, 1.54) is 46.8 Å². The van der Waals surface area contributed by atoms with Crippen LogP contribution < -0.4 is 14.4 Å². The molecule has 172 valence electrons. The number of fused-ring (bicyclic) bond motifs is 1. The van der Waals surface area contributed by atoms with Gasteiger partial charge in [-0.1, -0.05) is 36.4 Å². The number of alkyl halides is 3. The summed E-state index contributed by atoms with van der Waals surface area (Å²) >= 11 is 0. The molecule has 0 radical (unpaired) electrons. The highest BCUT2D eigenvalue weighted by atomic mass is 32.2. The molecule has 6 nitrogen and oxygen atoms in total. The lowest BCUT2D eigenvalue weighted by molar-refractivity contribution is -0.274. The van der Waals surface area contributed by atoms with Crippen LogP contribution in [-0.4, -0.2) is 26.7 Å². The highest BCUT2D eigenvalue weighted by Gasteiger charge is 2.36. The normalized spacial score (nSPS) is 15.8. The van der Waals surface area contributed by atoms with Crippen molar-refractivity contribution in [2.24, 2.45) is 0 Å². The van der Waals surface area contributed by atoms with Gasteiger partial charge in [0.25, 0.3) is 15.9 Å². The molecule has 0 saturated carbocycles. The summed E-state index contributed by atoms with van der Waals surface area (Å²) in [5, 5.41) is 2.35.